The summed E-state index contributed by atoms with van der Waals surface area (Å²) in [7, 11) is 4.17. The zero-order chi connectivity index (χ0) is 17.1. The van der Waals surface area contributed by atoms with Gasteiger partial charge in [0.05, 0.1) is 16.6 Å². The molecule has 0 saturated carbocycles. The molecule has 0 atom stereocenters. The van der Waals surface area contributed by atoms with Crippen LogP contribution < -0.4 is 0 Å². The van der Waals surface area contributed by atoms with Crippen molar-refractivity contribution in [1.29, 1.82) is 0 Å². The van der Waals surface area contributed by atoms with E-state index in [1.807, 2.05) is 0 Å². The average Bonchev–Trinajstić information content (AvgIpc) is 3.17. The highest BCUT2D eigenvalue weighted by Crippen LogP contribution is 2.33. The SMILES string of the molecule is CN(C)Cc1ccc2c(c1)n1cc(Br)c3cccc(c4nncn24)c31. The van der Waals surface area contributed by atoms with Crippen molar-refractivity contribution in [2.75, 3.05) is 14.1 Å². The first-order chi connectivity index (χ1) is 12.1. The molecule has 0 unspecified atom stereocenters. The maximum atomic E-state index is 4.40. The summed E-state index contributed by atoms with van der Waals surface area (Å²) in [6, 6.07) is 12.9. The molecule has 25 heavy (non-hydrogen) atoms. The van der Waals surface area contributed by atoms with Crippen LogP contribution in [0.3, 0.4) is 0 Å². The summed E-state index contributed by atoms with van der Waals surface area (Å²) in [5, 5.41) is 10.8. The summed E-state index contributed by atoms with van der Waals surface area (Å²) in [6.07, 6.45) is 3.94. The largest absolute Gasteiger partial charge is 0.313 e. The van der Waals surface area contributed by atoms with Crippen LogP contribution in [-0.4, -0.2) is 38.0 Å². The van der Waals surface area contributed by atoms with E-state index in [0.717, 1.165) is 38.6 Å². The predicted octanol–water partition coefficient (Wildman–Crippen LogP) is 4.11. The lowest BCUT2D eigenvalue weighted by atomic mass is 10.2. The van der Waals surface area contributed by atoms with Gasteiger partial charge in [0.25, 0.3) is 0 Å². The Hall–Kier alpha value is -2.44. The smallest absolute Gasteiger partial charge is 0.170 e. The molecular weight excluding hydrogens is 378 g/mol. The van der Waals surface area contributed by atoms with Gasteiger partial charge in [-0.15, -0.1) is 10.2 Å². The number of aromatic nitrogens is 4. The van der Waals surface area contributed by atoms with E-state index < -0.39 is 0 Å². The van der Waals surface area contributed by atoms with Crippen LogP contribution in [0.1, 0.15) is 5.56 Å². The topological polar surface area (TPSA) is 37.8 Å². The number of hydrogen-bond acceptors (Lipinski definition) is 3. The second-order valence-corrected chi connectivity index (χ2v) is 7.49. The van der Waals surface area contributed by atoms with Crippen molar-refractivity contribution in [3.8, 4) is 0 Å². The molecule has 6 heteroatoms. The zero-order valence-corrected chi connectivity index (χ0v) is 15.5. The minimum Gasteiger partial charge on any atom is -0.313 e. The number of benzene rings is 2. The van der Waals surface area contributed by atoms with E-state index in [4.69, 9.17) is 0 Å². The molecule has 0 radical (unpaired) electrons. The number of para-hydroxylation sites is 1. The summed E-state index contributed by atoms with van der Waals surface area (Å²) < 4.78 is 5.42. The first-order valence-electron chi connectivity index (χ1n) is 8.12. The van der Waals surface area contributed by atoms with Gasteiger partial charge in [-0.1, -0.05) is 18.2 Å². The predicted molar refractivity (Wildman–Crippen MR) is 104 cm³/mol. The quantitative estimate of drug-likeness (QED) is 0.452. The molecule has 3 heterocycles. The molecule has 0 amide bonds. The molecule has 0 aliphatic heterocycles. The molecule has 0 spiro atoms. The molecule has 124 valence electrons. The van der Waals surface area contributed by atoms with Crippen molar-refractivity contribution in [3.05, 3.63) is 59.0 Å². The van der Waals surface area contributed by atoms with Crippen LogP contribution in [-0.2, 0) is 6.54 Å². The van der Waals surface area contributed by atoms with Crippen molar-refractivity contribution in [3.63, 3.8) is 0 Å². The number of rotatable bonds is 2. The summed E-state index contributed by atoms with van der Waals surface area (Å²) in [6.45, 7) is 0.898. The first-order valence-corrected chi connectivity index (χ1v) is 8.91. The fourth-order valence-electron chi connectivity index (χ4n) is 3.64. The molecule has 5 rings (SSSR count). The van der Waals surface area contributed by atoms with Crippen LogP contribution in [0, 0.1) is 0 Å². The highest BCUT2D eigenvalue weighted by Gasteiger charge is 2.14. The zero-order valence-electron chi connectivity index (χ0n) is 13.9. The fraction of sp³-hybridized carbons (Fsp3) is 0.158. The first kappa shape index (κ1) is 14.9. The molecule has 5 aromatic rings. The van der Waals surface area contributed by atoms with Gasteiger partial charge in [-0.3, -0.25) is 4.40 Å². The Bertz CT molecular complexity index is 1270. The summed E-state index contributed by atoms with van der Waals surface area (Å²) in [5.41, 5.74) is 5.53. The highest BCUT2D eigenvalue weighted by atomic mass is 79.9. The minimum absolute atomic E-state index is 0.872. The molecule has 3 aromatic heterocycles. The van der Waals surface area contributed by atoms with Crippen molar-refractivity contribution in [2.24, 2.45) is 0 Å². The third kappa shape index (κ3) is 2.11. The van der Waals surface area contributed by atoms with Crippen LogP contribution >= 0.6 is 15.9 Å². The van der Waals surface area contributed by atoms with E-state index in [0.29, 0.717) is 0 Å². The highest BCUT2D eigenvalue weighted by molar-refractivity contribution is 9.10. The number of hydrogen-bond donors (Lipinski definition) is 0. The van der Waals surface area contributed by atoms with Crippen molar-refractivity contribution in [1.82, 2.24) is 23.9 Å². The van der Waals surface area contributed by atoms with Crippen molar-refractivity contribution < 1.29 is 0 Å². The second-order valence-electron chi connectivity index (χ2n) is 6.63. The number of halogens is 1. The van der Waals surface area contributed by atoms with Gasteiger partial charge in [-0.05, 0) is 53.8 Å². The molecule has 0 fully saturated rings. The summed E-state index contributed by atoms with van der Waals surface area (Å²) in [5.74, 6) is 0. The standard InChI is InChI=1S/C19H16BrN5/c1-23(2)9-12-6-7-16-17(8-12)24-10-15(20)13-4-3-5-14(18(13)24)19-22-21-11-25(16)19/h3-8,10-11H,9H2,1-2H3. The van der Waals surface area contributed by atoms with Crippen LogP contribution in [0.15, 0.2) is 53.4 Å². The van der Waals surface area contributed by atoms with E-state index in [-0.39, 0.29) is 0 Å². The monoisotopic (exact) mass is 393 g/mol. The van der Waals surface area contributed by atoms with Crippen LogP contribution in [0.2, 0.25) is 0 Å². The maximum Gasteiger partial charge on any atom is 0.170 e. The van der Waals surface area contributed by atoms with Gasteiger partial charge >= 0.3 is 0 Å². The lowest BCUT2D eigenvalue weighted by Crippen LogP contribution is -2.10. The number of nitrogens with zero attached hydrogens (tertiary/aromatic N) is 5. The maximum absolute atomic E-state index is 4.40. The van der Waals surface area contributed by atoms with Gasteiger partial charge in [-0.25, -0.2) is 0 Å². The van der Waals surface area contributed by atoms with Gasteiger partial charge in [-0.2, -0.15) is 0 Å². The molecule has 0 bridgehead atoms. The molecule has 2 aromatic carbocycles. The van der Waals surface area contributed by atoms with Crippen LogP contribution in [0.5, 0.6) is 0 Å². The van der Waals surface area contributed by atoms with Crippen LogP contribution in [0.4, 0.5) is 0 Å². The third-order valence-electron chi connectivity index (χ3n) is 4.62. The molecule has 0 aliphatic rings. The van der Waals surface area contributed by atoms with Gasteiger partial charge in [0.15, 0.2) is 5.65 Å². The summed E-state index contributed by atoms with van der Waals surface area (Å²) >= 11 is 3.72. The van der Waals surface area contributed by atoms with E-state index in [2.05, 4.69) is 96.5 Å². The van der Waals surface area contributed by atoms with Crippen molar-refractivity contribution in [2.45, 2.75) is 6.54 Å². The van der Waals surface area contributed by atoms with E-state index >= 15 is 0 Å². The second kappa shape index (κ2) is 5.28. The van der Waals surface area contributed by atoms with E-state index in [9.17, 15) is 0 Å². The Balaban J connectivity index is 2.08. The Morgan fingerprint density at radius 3 is 2.72 bits per heavy atom. The Morgan fingerprint density at radius 1 is 1.04 bits per heavy atom. The molecule has 0 aliphatic carbocycles. The Morgan fingerprint density at radius 2 is 1.88 bits per heavy atom. The number of fused-ring (bicyclic) bond motifs is 5. The normalized spacial score (nSPS) is 12.3. The van der Waals surface area contributed by atoms with Gasteiger partial charge in [0.1, 0.15) is 6.33 Å². The van der Waals surface area contributed by atoms with E-state index in [1.165, 1.54) is 10.9 Å². The lowest BCUT2D eigenvalue weighted by molar-refractivity contribution is 0.402. The molecule has 5 nitrogen and oxygen atoms in total. The Kier molecular flexibility index (Phi) is 3.14. The molecular formula is C19H16BrN5. The molecule has 0 saturated heterocycles. The van der Waals surface area contributed by atoms with Crippen LogP contribution in [0.25, 0.3) is 33.0 Å². The minimum atomic E-state index is 0.872. The van der Waals surface area contributed by atoms with Gasteiger partial charge in [0, 0.05) is 28.0 Å². The lowest BCUT2D eigenvalue weighted by Gasteiger charge is -2.10. The summed E-state index contributed by atoms with van der Waals surface area (Å²) in [4.78, 5) is 2.18. The molecule has 0 N–H and O–H groups in total. The van der Waals surface area contributed by atoms with Gasteiger partial charge in [0.2, 0.25) is 0 Å². The average molecular weight is 394 g/mol. The third-order valence-corrected chi connectivity index (χ3v) is 5.25. The Labute approximate surface area is 152 Å². The van der Waals surface area contributed by atoms with E-state index in [1.54, 1.807) is 6.33 Å². The van der Waals surface area contributed by atoms with Gasteiger partial charge < -0.3 is 9.30 Å². The van der Waals surface area contributed by atoms with Crippen molar-refractivity contribution >= 4 is 48.9 Å². The fourth-order valence-corrected chi connectivity index (χ4v) is 4.16.